The van der Waals surface area contributed by atoms with Crippen LogP contribution in [0.1, 0.15) is 39.0 Å². The Labute approximate surface area is 141 Å². The summed E-state index contributed by atoms with van der Waals surface area (Å²) in [5, 5.41) is 0.518. The van der Waals surface area contributed by atoms with Crippen molar-refractivity contribution in [2.24, 2.45) is 0 Å². The summed E-state index contributed by atoms with van der Waals surface area (Å²) in [5.41, 5.74) is 0.890. The highest BCUT2D eigenvalue weighted by molar-refractivity contribution is 8.00. The van der Waals surface area contributed by atoms with E-state index in [1.165, 1.54) is 11.8 Å². The summed E-state index contributed by atoms with van der Waals surface area (Å²) in [6, 6.07) is 3.81. The van der Waals surface area contributed by atoms with Crippen LogP contribution in [0.5, 0.6) is 0 Å². The Morgan fingerprint density at radius 2 is 2.17 bits per heavy atom. The van der Waals surface area contributed by atoms with Crippen LogP contribution < -0.4 is 4.90 Å². The average Bonchev–Trinajstić information content (AvgIpc) is 3.09. The third-order valence-electron chi connectivity index (χ3n) is 4.39. The van der Waals surface area contributed by atoms with E-state index in [1.807, 2.05) is 21.9 Å². The van der Waals surface area contributed by atoms with Crippen molar-refractivity contribution < 1.29 is 9.59 Å². The number of amides is 2. The number of rotatable bonds is 5. The summed E-state index contributed by atoms with van der Waals surface area (Å²) in [5.74, 6) is 0.152. The van der Waals surface area contributed by atoms with Crippen LogP contribution in [-0.4, -0.2) is 46.6 Å². The van der Waals surface area contributed by atoms with E-state index in [-0.39, 0.29) is 23.5 Å². The largest absolute Gasteiger partial charge is 0.343 e. The number of pyridine rings is 1. The number of thioether (sulfide) groups is 1. The van der Waals surface area contributed by atoms with E-state index >= 15 is 0 Å². The molecule has 0 saturated carbocycles. The molecule has 1 aromatic rings. The second kappa shape index (κ2) is 7.34. The highest BCUT2D eigenvalue weighted by Crippen LogP contribution is 2.39. The third kappa shape index (κ3) is 3.52. The lowest BCUT2D eigenvalue weighted by molar-refractivity contribution is -0.132. The second-order valence-corrected chi connectivity index (χ2v) is 7.26. The number of hydrogen-bond donors (Lipinski definition) is 0. The molecule has 3 heterocycles. The van der Waals surface area contributed by atoms with Gasteiger partial charge in [0.15, 0.2) is 0 Å². The molecule has 6 heteroatoms. The summed E-state index contributed by atoms with van der Waals surface area (Å²) in [6.07, 6.45) is 6.16. The molecule has 1 atom stereocenters. The van der Waals surface area contributed by atoms with Gasteiger partial charge in [-0.2, -0.15) is 0 Å². The number of carbonyl (C=O) groups excluding carboxylic acids is 2. The quantitative estimate of drug-likeness (QED) is 0.831. The first kappa shape index (κ1) is 16.3. The normalized spacial score (nSPS) is 20.7. The van der Waals surface area contributed by atoms with Crippen molar-refractivity contribution in [3.05, 3.63) is 18.3 Å². The van der Waals surface area contributed by atoms with Crippen molar-refractivity contribution >= 4 is 29.3 Å². The monoisotopic (exact) mass is 333 g/mol. The summed E-state index contributed by atoms with van der Waals surface area (Å²) in [6.45, 7) is 4.47. The van der Waals surface area contributed by atoms with Gasteiger partial charge in [-0.15, -0.1) is 0 Å². The number of carbonyl (C=O) groups is 2. The molecular formula is C17H23N3O2S. The lowest BCUT2D eigenvalue weighted by Gasteiger charge is -2.33. The predicted molar refractivity (Wildman–Crippen MR) is 91.6 cm³/mol. The summed E-state index contributed by atoms with van der Waals surface area (Å²) in [7, 11) is 0. The first-order valence-corrected chi connectivity index (χ1v) is 9.29. The highest BCUT2D eigenvalue weighted by atomic mass is 32.2. The van der Waals surface area contributed by atoms with Crippen LogP contribution in [0.3, 0.4) is 0 Å². The minimum atomic E-state index is -0.345. The minimum Gasteiger partial charge on any atom is -0.343 e. The van der Waals surface area contributed by atoms with E-state index in [9.17, 15) is 9.59 Å². The van der Waals surface area contributed by atoms with Gasteiger partial charge in [-0.1, -0.05) is 25.1 Å². The minimum absolute atomic E-state index is 0.0523. The molecule has 1 aromatic heterocycles. The zero-order chi connectivity index (χ0) is 16.2. The van der Waals surface area contributed by atoms with E-state index in [0.717, 1.165) is 49.5 Å². The maximum atomic E-state index is 12.9. The van der Waals surface area contributed by atoms with Gasteiger partial charge in [0.25, 0.3) is 0 Å². The molecule has 2 aliphatic rings. The molecule has 0 radical (unpaired) electrons. The fourth-order valence-corrected chi connectivity index (χ4v) is 4.23. The van der Waals surface area contributed by atoms with Crippen LogP contribution in [0.2, 0.25) is 0 Å². The fourth-order valence-electron chi connectivity index (χ4n) is 3.09. The first-order valence-electron chi connectivity index (χ1n) is 8.41. The molecule has 0 aromatic carbocycles. The average molecular weight is 333 g/mol. The Hall–Kier alpha value is -1.56. The van der Waals surface area contributed by atoms with E-state index < -0.39 is 0 Å². The van der Waals surface area contributed by atoms with Gasteiger partial charge in [-0.3, -0.25) is 9.59 Å². The van der Waals surface area contributed by atoms with Gasteiger partial charge in [0.05, 0.1) is 10.9 Å². The van der Waals surface area contributed by atoms with Crippen molar-refractivity contribution in [3.8, 4) is 0 Å². The molecule has 0 spiro atoms. The van der Waals surface area contributed by atoms with Crippen molar-refractivity contribution in [2.75, 3.05) is 24.5 Å². The molecule has 2 aliphatic heterocycles. The van der Waals surface area contributed by atoms with Gasteiger partial charge in [0, 0.05) is 32.3 Å². The number of aromatic nitrogens is 1. The highest BCUT2D eigenvalue weighted by Gasteiger charge is 2.36. The number of hydrogen-bond acceptors (Lipinski definition) is 4. The molecule has 1 fully saturated rings. The van der Waals surface area contributed by atoms with Gasteiger partial charge in [0.1, 0.15) is 5.03 Å². The smallest absolute Gasteiger partial charge is 0.241 e. The van der Waals surface area contributed by atoms with Crippen LogP contribution in [-0.2, 0) is 9.59 Å². The Kier molecular flexibility index (Phi) is 5.20. The number of anilines is 1. The van der Waals surface area contributed by atoms with Gasteiger partial charge in [-0.05, 0) is 31.4 Å². The maximum absolute atomic E-state index is 12.9. The van der Waals surface area contributed by atoms with Crippen molar-refractivity contribution in [1.82, 2.24) is 9.88 Å². The molecular weight excluding hydrogens is 310 g/mol. The zero-order valence-corrected chi connectivity index (χ0v) is 14.3. The number of fused-ring (bicyclic) bond motifs is 1. The molecule has 3 rings (SSSR count). The maximum Gasteiger partial charge on any atom is 0.241 e. The summed E-state index contributed by atoms with van der Waals surface area (Å²) < 4.78 is 0. The number of likely N-dealkylation sites (tertiary alicyclic amines) is 1. The third-order valence-corrected chi connectivity index (χ3v) is 5.58. The van der Waals surface area contributed by atoms with Crippen LogP contribution in [0.4, 0.5) is 5.69 Å². The summed E-state index contributed by atoms with van der Waals surface area (Å²) in [4.78, 5) is 33.4. The van der Waals surface area contributed by atoms with E-state index in [0.29, 0.717) is 6.54 Å². The Morgan fingerprint density at radius 3 is 2.91 bits per heavy atom. The molecule has 23 heavy (non-hydrogen) atoms. The zero-order valence-electron chi connectivity index (χ0n) is 13.5. The molecule has 5 nitrogen and oxygen atoms in total. The van der Waals surface area contributed by atoms with Gasteiger partial charge in [-0.25, -0.2) is 4.98 Å². The van der Waals surface area contributed by atoms with E-state index in [2.05, 4.69) is 11.9 Å². The Morgan fingerprint density at radius 1 is 1.39 bits per heavy atom. The molecule has 1 saturated heterocycles. The molecule has 1 unspecified atom stereocenters. The van der Waals surface area contributed by atoms with E-state index in [1.54, 1.807) is 6.20 Å². The van der Waals surface area contributed by atoms with Gasteiger partial charge >= 0.3 is 0 Å². The van der Waals surface area contributed by atoms with E-state index in [4.69, 9.17) is 0 Å². The Balaban J connectivity index is 1.76. The Bertz CT molecular complexity index is 587. The lowest BCUT2D eigenvalue weighted by Crippen LogP contribution is -2.44. The van der Waals surface area contributed by atoms with Gasteiger partial charge in [0.2, 0.25) is 11.8 Å². The predicted octanol–water partition coefficient (Wildman–Crippen LogP) is 2.70. The van der Waals surface area contributed by atoms with Crippen LogP contribution in [0, 0.1) is 0 Å². The van der Waals surface area contributed by atoms with Gasteiger partial charge < -0.3 is 9.80 Å². The standard InChI is InChI=1S/C17H23N3O2S/c1-2-3-11-20-13-7-6-8-18-16(13)23-14(17(20)22)12-15(21)19-9-4-5-10-19/h6-8,14H,2-5,9-12H2,1H3. The molecule has 124 valence electrons. The SMILES string of the molecule is CCCCN1C(=O)C(CC(=O)N2CCCC2)Sc2ncccc21. The second-order valence-electron chi connectivity index (χ2n) is 6.07. The number of nitrogens with zero attached hydrogens (tertiary/aromatic N) is 3. The van der Waals surface area contributed by atoms with Crippen LogP contribution in [0.15, 0.2) is 23.4 Å². The van der Waals surface area contributed by atoms with Crippen molar-refractivity contribution in [3.63, 3.8) is 0 Å². The lowest BCUT2D eigenvalue weighted by atomic mass is 10.2. The van der Waals surface area contributed by atoms with Crippen LogP contribution >= 0.6 is 11.8 Å². The summed E-state index contributed by atoms with van der Waals surface area (Å²) >= 11 is 1.44. The van der Waals surface area contributed by atoms with Crippen molar-refractivity contribution in [2.45, 2.75) is 49.3 Å². The molecule has 0 N–H and O–H groups in total. The van der Waals surface area contributed by atoms with Crippen molar-refractivity contribution in [1.29, 1.82) is 0 Å². The molecule has 2 amide bonds. The molecule has 0 bridgehead atoms. The number of unbranched alkanes of at least 4 members (excludes halogenated alkanes) is 1. The molecule has 0 aliphatic carbocycles. The topological polar surface area (TPSA) is 53.5 Å². The first-order chi connectivity index (χ1) is 11.2. The fraction of sp³-hybridized carbons (Fsp3) is 0.588. The van der Waals surface area contributed by atoms with Crippen LogP contribution in [0.25, 0.3) is 0 Å².